The second-order valence-electron chi connectivity index (χ2n) is 9.02. The Morgan fingerprint density at radius 3 is 2.32 bits per heavy atom. The molecule has 194 valence electrons. The minimum Gasteiger partial charge on any atom is -0.402 e. The van der Waals surface area contributed by atoms with Crippen LogP contribution in [0.15, 0.2) is 88.5 Å². The number of carbonyl (C=O) groups is 1. The number of sulfonamides is 1. The van der Waals surface area contributed by atoms with Crippen LogP contribution >= 0.6 is 11.6 Å². The molecule has 4 rings (SSSR count). The molecular weight excluding hydrogens is 510 g/mol. The molecule has 0 aliphatic carbocycles. The highest BCUT2D eigenvalue weighted by molar-refractivity contribution is 7.89. The number of hydrogen-bond acceptors (Lipinski definition) is 6. The minimum absolute atomic E-state index is 0.241. The van der Waals surface area contributed by atoms with Gasteiger partial charge >= 0.3 is 5.97 Å². The molecule has 0 fully saturated rings. The summed E-state index contributed by atoms with van der Waals surface area (Å²) < 4.78 is 32.1. The van der Waals surface area contributed by atoms with Crippen LogP contribution in [0.25, 0.3) is 10.8 Å². The fourth-order valence-corrected chi connectivity index (χ4v) is 5.49. The molecule has 0 unspecified atom stereocenters. The summed E-state index contributed by atoms with van der Waals surface area (Å²) in [6, 6.07) is 20.0. The first-order valence-corrected chi connectivity index (χ1v) is 14.0. The number of cyclic esters (lactones) is 1. The zero-order chi connectivity index (χ0) is 26.4. The molecule has 0 amide bonds. The van der Waals surface area contributed by atoms with Gasteiger partial charge in [0.2, 0.25) is 15.9 Å². The number of halogens is 1. The lowest BCUT2D eigenvalue weighted by molar-refractivity contribution is -0.130. The van der Waals surface area contributed by atoms with Crippen LogP contribution in [0.1, 0.15) is 31.2 Å². The highest BCUT2D eigenvalue weighted by atomic mass is 35.5. The summed E-state index contributed by atoms with van der Waals surface area (Å²) in [5.41, 5.74) is 1.07. The van der Waals surface area contributed by atoms with Crippen molar-refractivity contribution in [1.82, 2.24) is 9.21 Å². The van der Waals surface area contributed by atoms with Crippen LogP contribution in [0, 0.1) is 0 Å². The molecule has 3 aromatic rings. The van der Waals surface area contributed by atoms with E-state index in [1.807, 2.05) is 54.4 Å². The molecule has 0 radical (unpaired) electrons. The number of ether oxygens (including phenoxy) is 1. The molecule has 1 aliphatic heterocycles. The molecule has 0 spiro atoms. The maximum Gasteiger partial charge on any atom is 0.365 e. The van der Waals surface area contributed by atoms with Gasteiger partial charge in [0.15, 0.2) is 5.70 Å². The second kappa shape index (κ2) is 11.9. The first kappa shape index (κ1) is 26.9. The van der Waals surface area contributed by atoms with Crippen molar-refractivity contribution in [2.24, 2.45) is 4.99 Å². The molecule has 0 atom stereocenters. The van der Waals surface area contributed by atoms with E-state index in [1.54, 1.807) is 25.4 Å². The van der Waals surface area contributed by atoms with E-state index in [1.165, 1.54) is 16.4 Å². The molecule has 1 aliphatic rings. The van der Waals surface area contributed by atoms with Gasteiger partial charge in [-0.1, -0.05) is 60.8 Å². The lowest BCUT2D eigenvalue weighted by Gasteiger charge is -2.17. The number of hydrogen-bond donors (Lipinski definition) is 0. The van der Waals surface area contributed by atoms with Crippen molar-refractivity contribution in [1.29, 1.82) is 0 Å². The maximum absolute atomic E-state index is 12.6. The van der Waals surface area contributed by atoms with Gasteiger partial charge in [-0.3, -0.25) is 0 Å². The van der Waals surface area contributed by atoms with Crippen LogP contribution in [0.5, 0.6) is 0 Å². The van der Waals surface area contributed by atoms with Gasteiger partial charge in [-0.15, -0.1) is 0 Å². The van der Waals surface area contributed by atoms with E-state index in [-0.39, 0.29) is 10.6 Å². The third-order valence-corrected chi connectivity index (χ3v) is 8.36. The van der Waals surface area contributed by atoms with E-state index in [0.29, 0.717) is 17.5 Å². The Bertz CT molecular complexity index is 1430. The molecule has 9 heteroatoms. The predicted octanol–water partition coefficient (Wildman–Crippen LogP) is 5.45. The summed E-state index contributed by atoms with van der Waals surface area (Å²) in [5.74, 6) is -0.140. The van der Waals surface area contributed by atoms with Crippen LogP contribution in [-0.4, -0.2) is 56.7 Å². The van der Waals surface area contributed by atoms with E-state index >= 15 is 0 Å². The van der Waals surface area contributed by atoms with Crippen molar-refractivity contribution in [2.75, 3.05) is 27.2 Å². The highest BCUT2D eigenvalue weighted by Gasteiger charge is 2.25. The van der Waals surface area contributed by atoms with Gasteiger partial charge in [0.1, 0.15) is 0 Å². The molecule has 0 N–H and O–H groups in total. The van der Waals surface area contributed by atoms with Crippen LogP contribution < -0.4 is 0 Å². The molecule has 7 nitrogen and oxygen atoms in total. The van der Waals surface area contributed by atoms with E-state index in [2.05, 4.69) is 4.99 Å². The zero-order valence-electron chi connectivity index (χ0n) is 20.9. The number of rotatable bonds is 11. The van der Waals surface area contributed by atoms with Gasteiger partial charge in [-0.2, -0.15) is 0 Å². The van der Waals surface area contributed by atoms with E-state index in [9.17, 15) is 13.2 Å². The SMILES string of the molecule is CN(/C=C1/N=C(c2cccc3ccccc23)OC1=O)CCCCCCN(C)S(=O)(=O)c1ccc(Cl)cc1. The van der Waals surface area contributed by atoms with Crippen LogP contribution in [0.2, 0.25) is 5.02 Å². The second-order valence-corrected chi connectivity index (χ2v) is 11.5. The average Bonchev–Trinajstić information content (AvgIpc) is 3.25. The summed E-state index contributed by atoms with van der Waals surface area (Å²) in [7, 11) is -0.0192. The zero-order valence-corrected chi connectivity index (χ0v) is 22.5. The Kier molecular flexibility index (Phi) is 8.63. The Morgan fingerprint density at radius 1 is 0.892 bits per heavy atom. The summed E-state index contributed by atoms with van der Waals surface area (Å²) in [4.78, 5) is 19.0. The number of carbonyl (C=O) groups excluding carboxylic acids is 1. The first-order chi connectivity index (χ1) is 17.8. The Balaban J connectivity index is 1.24. The van der Waals surface area contributed by atoms with Gasteiger partial charge in [-0.05, 0) is 53.9 Å². The standard InChI is InChI=1S/C28H30ClN3O4S/c1-31(18-7-3-4-8-19-32(2)37(34,35)23-16-14-22(29)15-17-23)20-26-28(33)36-27(30-26)25-13-9-11-21-10-5-6-12-24(21)25/h5-6,9-17,20H,3-4,7-8,18-19H2,1-2H3/b26-20+. The van der Waals surface area contributed by atoms with Gasteiger partial charge in [0.25, 0.3) is 0 Å². The largest absolute Gasteiger partial charge is 0.402 e. The van der Waals surface area contributed by atoms with Gasteiger partial charge in [0, 0.05) is 44.0 Å². The fraction of sp³-hybridized carbons (Fsp3) is 0.286. The van der Waals surface area contributed by atoms with Gasteiger partial charge in [0.05, 0.1) is 4.90 Å². The van der Waals surface area contributed by atoms with E-state index in [0.717, 1.165) is 48.6 Å². The quantitative estimate of drug-likeness (QED) is 0.184. The lowest BCUT2D eigenvalue weighted by atomic mass is 10.0. The summed E-state index contributed by atoms with van der Waals surface area (Å²) in [6.07, 6.45) is 5.22. The summed E-state index contributed by atoms with van der Waals surface area (Å²) >= 11 is 5.86. The average molecular weight is 540 g/mol. The van der Waals surface area contributed by atoms with Crippen LogP contribution in [0.4, 0.5) is 0 Å². The van der Waals surface area contributed by atoms with Crippen molar-refractivity contribution < 1.29 is 17.9 Å². The highest BCUT2D eigenvalue weighted by Crippen LogP contribution is 2.24. The molecule has 0 saturated heterocycles. The van der Waals surface area contributed by atoms with Crippen LogP contribution in [-0.2, 0) is 19.6 Å². The van der Waals surface area contributed by atoms with Crippen LogP contribution in [0.3, 0.4) is 0 Å². The Hall–Kier alpha value is -3.20. The van der Waals surface area contributed by atoms with Gasteiger partial charge in [-0.25, -0.2) is 22.5 Å². The molecule has 3 aromatic carbocycles. The minimum atomic E-state index is -3.52. The smallest absolute Gasteiger partial charge is 0.365 e. The molecule has 1 heterocycles. The molecule has 0 aromatic heterocycles. The van der Waals surface area contributed by atoms with Crippen molar-refractivity contribution in [3.8, 4) is 0 Å². The molecular formula is C28H30ClN3O4S. The Morgan fingerprint density at radius 2 is 1.57 bits per heavy atom. The normalized spacial score (nSPS) is 14.9. The lowest BCUT2D eigenvalue weighted by Crippen LogP contribution is -2.28. The summed E-state index contributed by atoms with van der Waals surface area (Å²) in [5, 5.41) is 2.55. The number of unbranched alkanes of at least 4 members (excludes halogenated alkanes) is 3. The third-order valence-electron chi connectivity index (χ3n) is 6.24. The first-order valence-electron chi connectivity index (χ1n) is 12.2. The molecule has 37 heavy (non-hydrogen) atoms. The number of benzene rings is 3. The topological polar surface area (TPSA) is 79.3 Å². The van der Waals surface area contributed by atoms with Crippen molar-refractivity contribution in [3.63, 3.8) is 0 Å². The molecule has 0 saturated carbocycles. The maximum atomic E-state index is 12.6. The van der Waals surface area contributed by atoms with E-state index in [4.69, 9.17) is 16.3 Å². The third kappa shape index (κ3) is 6.57. The van der Waals surface area contributed by atoms with Gasteiger partial charge < -0.3 is 9.64 Å². The number of aliphatic imine (C=N–C) groups is 1. The van der Waals surface area contributed by atoms with Crippen molar-refractivity contribution in [2.45, 2.75) is 30.6 Å². The fourth-order valence-electron chi connectivity index (χ4n) is 4.16. The number of nitrogens with zero attached hydrogens (tertiary/aromatic N) is 3. The van der Waals surface area contributed by atoms with Crippen molar-refractivity contribution in [3.05, 3.63) is 89.2 Å². The Labute approximate surface area is 223 Å². The number of fused-ring (bicyclic) bond motifs is 1. The van der Waals surface area contributed by atoms with Crippen molar-refractivity contribution >= 4 is 44.3 Å². The number of esters is 1. The molecule has 0 bridgehead atoms. The van der Waals surface area contributed by atoms with E-state index < -0.39 is 16.0 Å². The predicted molar refractivity (Wildman–Crippen MR) is 147 cm³/mol. The summed E-state index contributed by atoms with van der Waals surface area (Å²) in [6.45, 7) is 1.19. The monoisotopic (exact) mass is 539 g/mol.